The Morgan fingerprint density at radius 2 is 2.11 bits per heavy atom. The Kier molecular flexibility index (Phi) is 6.11. The summed E-state index contributed by atoms with van der Waals surface area (Å²) in [5.41, 5.74) is 8.09. The summed E-state index contributed by atoms with van der Waals surface area (Å²) in [6.07, 6.45) is 0.755. The number of Topliss-reactive ketones (excluding diaryl/α,β-unsaturated/α-hetero) is 1. The fraction of sp³-hybridized carbons (Fsp3) is 0.389. The van der Waals surface area contributed by atoms with Gasteiger partial charge < -0.3 is 5.73 Å². The number of benzene rings is 1. The van der Waals surface area contributed by atoms with Crippen molar-refractivity contribution in [2.24, 2.45) is 5.73 Å². The number of hydrogen-bond acceptors (Lipinski definition) is 7. The minimum absolute atomic E-state index is 0.0473. The minimum atomic E-state index is -3.30. The topological polar surface area (TPSA) is 110 Å². The summed E-state index contributed by atoms with van der Waals surface area (Å²) in [5.74, 6) is -0.182. The number of amides is 1. The predicted octanol–water partition coefficient (Wildman–Crippen LogP) is 2.17. The molecule has 28 heavy (non-hydrogen) atoms. The summed E-state index contributed by atoms with van der Waals surface area (Å²) in [7, 11) is -3.30. The molecule has 0 unspecified atom stereocenters. The number of primary amides is 1. The second-order valence-corrected chi connectivity index (χ2v) is 10.9. The number of anilines is 1. The van der Waals surface area contributed by atoms with E-state index in [1.54, 1.807) is 25.1 Å². The lowest BCUT2D eigenvalue weighted by atomic mass is 10.1. The Labute approximate surface area is 172 Å². The van der Waals surface area contributed by atoms with Gasteiger partial charge in [-0.2, -0.15) is 0 Å². The summed E-state index contributed by atoms with van der Waals surface area (Å²) in [6, 6.07) is 5.18. The molecule has 0 fully saturated rings. The SMILES string of the molecule is CCS(=O)(=O)N1CCc2cc(C(=O)CSc3nc(C)c(CC(N)=O)s3)ccc21. The maximum Gasteiger partial charge on any atom is 0.234 e. The molecule has 1 aromatic carbocycles. The molecule has 0 saturated heterocycles. The van der Waals surface area contributed by atoms with E-state index in [1.807, 2.05) is 6.92 Å². The lowest BCUT2D eigenvalue weighted by Gasteiger charge is -2.18. The zero-order valence-corrected chi connectivity index (χ0v) is 18.0. The van der Waals surface area contributed by atoms with Crippen LogP contribution >= 0.6 is 23.1 Å². The maximum absolute atomic E-state index is 12.6. The summed E-state index contributed by atoms with van der Waals surface area (Å²) in [4.78, 5) is 28.8. The summed E-state index contributed by atoms with van der Waals surface area (Å²) < 4.78 is 26.5. The average Bonchev–Trinajstić information content (AvgIpc) is 3.22. The molecule has 0 bridgehead atoms. The molecule has 1 aromatic heterocycles. The molecule has 2 N–H and O–H groups in total. The fourth-order valence-electron chi connectivity index (χ4n) is 2.99. The molecule has 0 spiro atoms. The number of carbonyl (C=O) groups excluding carboxylic acids is 2. The highest BCUT2D eigenvalue weighted by molar-refractivity contribution is 8.01. The van der Waals surface area contributed by atoms with Gasteiger partial charge in [0.1, 0.15) is 0 Å². The number of fused-ring (bicyclic) bond motifs is 1. The lowest BCUT2D eigenvalue weighted by molar-refractivity contribution is -0.117. The van der Waals surface area contributed by atoms with Gasteiger partial charge in [-0.15, -0.1) is 11.3 Å². The molecule has 2 aromatic rings. The zero-order valence-electron chi connectivity index (χ0n) is 15.6. The molecule has 0 aliphatic carbocycles. The van der Waals surface area contributed by atoms with Gasteiger partial charge in [0.25, 0.3) is 0 Å². The van der Waals surface area contributed by atoms with Gasteiger partial charge in [-0.05, 0) is 44.0 Å². The first kappa shape index (κ1) is 20.8. The lowest BCUT2D eigenvalue weighted by Crippen LogP contribution is -2.30. The molecule has 7 nitrogen and oxygen atoms in total. The highest BCUT2D eigenvalue weighted by atomic mass is 32.2. The third-order valence-electron chi connectivity index (χ3n) is 4.49. The number of aryl methyl sites for hydroxylation is 1. The van der Waals surface area contributed by atoms with Crippen LogP contribution in [0.3, 0.4) is 0 Å². The molecule has 1 aliphatic heterocycles. The van der Waals surface area contributed by atoms with Crippen molar-refractivity contribution in [1.29, 1.82) is 0 Å². The van der Waals surface area contributed by atoms with E-state index >= 15 is 0 Å². The van der Waals surface area contributed by atoms with E-state index in [2.05, 4.69) is 4.98 Å². The van der Waals surface area contributed by atoms with E-state index < -0.39 is 15.9 Å². The van der Waals surface area contributed by atoms with Gasteiger partial charge in [-0.25, -0.2) is 13.4 Å². The van der Waals surface area contributed by atoms with E-state index in [0.29, 0.717) is 24.2 Å². The number of aromatic nitrogens is 1. The molecular formula is C18H21N3O4S3. The zero-order chi connectivity index (χ0) is 20.5. The number of sulfonamides is 1. The molecule has 1 aliphatic rings. The molecule has 0 radical (unpaired) electrons. The quantitative estimate of drug-likeness (QED) is 0.498. The molecular weight excluding hydrogens is 418 g/mol. The molecule has 0 atom stereocenters. The van der Waals surface area contributed by atoms with Gasteiger partial charge in [-0.3, -0.25) is 13.9 Å². The highest BCUT2D eigenvalue weighted by Gasteiger charge is 2.28. The van der Waals surface area contributed by atoms with Crippen LogP contribution in [0.15, 0.2) is 22.5 Å². The Balaban J connectivity index is 1.69. The van der Waals surface area contributed by atoms with E-state index in [-0.39, 0.29) is 23.7 Å². The monoisotopic (exact) mass is 439 g/mol. The Morgan fingerprint density at radius 1 is 1.36 bits per heavy atom. The van der Waals surface area contributed by atoms with E-state index in [1.165, 1.54) is 27.4 Å². The number of nitrogens with zero attached hydrogens (tertiary/aromatic N) is 2. The maximum atomic E-state index is 12.6. The van der Waals surface area contributed by atoms with Crippen LogP contribution in [0.2, 0.25) is 0 Å². The predicted molar refractivity (Wildman–Crippen MR) is 112 cm³/mol. The van der Waals surface area contributed by atoms with Gasteiger partial charge in [0.2, 0.25) is 15.9 Å². The van der Waals surface area contributed by atoms with Gasteiger partial charge in [0.15, 0.2) is 10.1 Å². The normalized spacial score (nSPS) is 13.6. The van der Waals surface area contributed by atoms with Crippen molar-refractivity contribution in [3.63, 3.8) is 0 Å². The van der Waals surface area contributed by atoms with Crippen LogP contribution in [0, 0.1) is 6.92 Å². The van der Waals surface area contributed by atoms with Crippen LogP contribution in [0.25, 0.3) is 0 Å². The number of ketones is 1. The molecule has 150 valence electrons. The van der Waals surface area contributed by atoms with Crippen LogP contribution in [0.5, 0.6) is 0 Å². The van der Waals surface area contributed by atoms with E-state index in [9.17, 15) is 18.0 Å². The summed E-state index contributed by atoms with van der Waals surface area (Å²) >= 11 is 2.70. The standard InChI is InChI=1S/C18H21N3O4S3/c1-3-28(24,25)21-7-6-12-8-13(4-5-14(12)21)15(22)10-26-18-20-11(2)16(27-18)9-17(19)23/h4-5,8H,3,6-7,9-10H2,1-2H3,(H2,19,23). The first-order valence-electron chi connectivity index (χ1n) is 8.75. The first-order chi connectivity index (χ1) is 13.2. The number of rotatable bonds is 8. The minimum Gasteiger partial charge on any atom is -0.369 e. The number of carbonyl (C=O) groups is 2. The molecule has 10 heteroatoms. The largest absolute Gasteiger partial charge is 0.369 e. The molecule has 1 amide bonds. The summed E-state index contributed by atoms with van der Waals surface area (Å²) in [5, 5.41) is 0. The van der Waals surface area contributed by atoms with Crippen LogP contribution in [-0.2, 0) is 27.7 Å². The number of thioether (sulfide) groups is 1. The Morgan fingerprint density at radius 3 is 2.79 bits per heavy atom. The van der Waals surface area contributed by atoms with Crippen molar-refractivity contribution in [2.75, 3.05) is 22.4 Å². The highest BCUT2D eigenvalue weighted by Crippen LogP contribution is 2.32. The van der Waals surface area contributed by atoms with Gasteiger partial charge in [0, 0.05) is 17.0 Å². The number of hydrogen-bond donors (Lipinski definition) is 1. The second kappa shape index (κ2) is 8.22. The van der Waals surface area contributed by atoms with Crippen LogP contribution < -0.4 is 10.0 Å². The number of thiazole rings is 1. The third-order valence-corrected chi connectivity index (χ3v) is 8.57. The smallest absolute Gasteiger partial charge is 0.234 e. The van der Waals surface area contributed by atoms with Crippen molar-refractivity contribution in [3.8, 4) is 0 Å². The van der Waals surface area contributed by atoms with E-state index in [0.717, 1.165) is 20.5 Å². The van der Waals surface area contributed by atoms with Gasteiger partial charge in [-0.1, -0.05) is 11.8 Å². The molecule has 2 heterocycles. The van der Waals surface area contributed by atoms with Crippen molar-refractivity contribution < 1.29 is 18.0 Å². The van der Waals surface area contributed by atoms with Crippen molar-refractivity contribution in [2.45, 2.75) is 31.0 Å². The summed E-state index contributed by atoms with van der Waals surface area (Å²) in [6.45, 7) is 3.85. The van der Waals surface area contributed by atoms with Crippen molar-refractivity contribution in [1.82, 2.24) is 4.98 Å². The third kappa shape index (κ3) is 4.39. The second-order valence-electron chi connectivity index (χ2n) is 6.41. The van der Waals surface area contributed by atoms with Crippen molar-refractivity contribution >= 4 is 50.5 Å². The van der Waals surface area contributed by atoms with Crippen LogP contribution in [0.4, 0.5) is 5.69 Å². The Hall–Kier alpha value is -1.91. The average molecular weight is 440 g/mol. The van der Waals surface area contributed by atoms with Gasteiger partial charge >= 0.3 is 0 Å². The van der Waals surface area contributed by atoms with E-state index in [4.69, 9.17) is 5.73 Å². The van der Waals surface area contributed by atoms with Crippen molar-refractivity contribution in [3.05, 3.63) is 39.9 Å². The Bertz CT molecular complexity index is 1030. The molecule has 0 saturated carbocycles. The fourth-order valence-corrected chi connectivity index (χ4v) is 6.28. The van der Waals surface area contributed by atoms with Crippen LogP contribution in [0.1, 0.15) is 33.4 Å². The van der Waals surface area contributed by atoms with Crippen LogP contribution in [-0.4, -0.2) is 43.1 Å². The first-order valence-corrected chi connectivity index (χ1v) is 12.2. The number of nitrogens with two attached hydrogens (primary N) is 1. The van der Waals surface area contributed by atoms with Gasteiger partial charge in [0.05, 0.1) is 29.3 Å². The molecule has 3 rings (SSSR count).